The lowest BCUT2D eigenvalue weighted by molar-refractivity contribution is -0.121. The van der Waals surface area contributed by atoms with E-state index in [-0.39, 0.29) is 12.5 Å². The van der Waals surface area contributed by atoms with Crippen LogP contribution >= 0.6 is 22.7 Å². The number of amides is 1. The summed E-state index contributed by atoms with van der Waals surface area (Å²) in [7, 11) is 0. The van der Waals surface area contributed by atoms with Crippen LogP contribution in [0, 0.1) is 6.92 Å². The lowest BCUT2D eigenvalue weighted by Gasteiger charge is -2.08. The topological polar surface area (TPSA) is 76.9 Å². The van der Waals surface area contributed by atoms with E-state index in [0.717, 1.165) is 16.3 Å². The molecule has 23 heavy (non-hydrogen) atoms. The van der Waals surface area contributed by atoms with Gasteiger partial charge in [0.25, 0.3) is 0 Å². The highest BCUT2D eigenvalue weighted by atomic mass is 32.1. The Balaban J connectivity index is 2.10. The zero-order valence-corrected chi connectivity index (χ0v) is 14.5. The summed E-state index contributed by atoms with van der Waals surface area (Å²) in [5.74, 6) is -0.188. The summed E-state index contributed by atoms with van der Waals surface area (Å²) in [6.45, 7) is 4.43. The number of hydrogen-bond acceptors (Lipinski definition) is 6. The third-order valence-electron chi connectivity index (χ3n) is 3.25. The fraction of sp³-hybridized carbons (Fsp3) is 0.333. The molecule has 3 aromatic heterocycles. The summed E-state index contributed by atoms with van der Waals surface area (Å²) in [6, 6.07) is 3.83. The Kier molecular flexibility index (Phi) is 4.53. The third kappa shape index (κ3) is 3.18. The average Bonchev–Trinajstić information content (AvgIpc) is 3.17. The minimum absolute atomic E-state index is 0.0330. The molecule has 3 rings (SSSR count). The van der Waals surface area contributed by atoms with E-state index < -0.39 is 5.69 Å². The molecular weight excluding hydrogens is 332 g/mol. The quantitative estimate of drug-likeness (QED) is 0.768. The number of rotatable bonds is 5. The van der Waals surface area contributed by atoms with Gasteiger partial charge in [0.05, 0.1) is 9.88 Å². The molecule has 0 aliphatic rings. The van der Waals surface area contributed by atoms with E-state index in [9.17, 15) is 9.59 Å². The van der Waals surface area contributed by atoms with Crippen molar-refractivity contribution in [3.8, 4) is 10.6 Å². The third-order valence-corrected chi connectivity index (χ3v) is 5.12. The summed E-state index contributed by atoms with van der Waals surface area (Å²) in [6.07, 6.45) is 0.852. The molecule has 0 aliphatic heterocycles. The van der Waals surface area contributed by atoms with Crippen molar-refractivity contribution >= 4 is 38.9 Å². The molecule has 3 heterocycles. The van der Waals surface area contributed by atoms with Gasteiger partial charge < -0.3 is 5.32 Å². The van der Waals surface area contributed by atoms with E-state index in [4.69, 9.17) is 0 Å². The number of thiazole rings is 1. The predicted molar refractivity (Wildman–Crippen MR) is 93.0 cm³/mol. The molecule has 0 fully saturated rings. The Morgan fingerprint density at radius 1 is 1.39 bits per heavy atom. The van der Waals surface area contributed by atoms with Crippen LogP contribution in [0.5, 0.6) is 0 Å². The molecule has 0 saturated carbocycles. The van der Waals surface area contributed by atoms with Crippen LogP contribution in [0.15, 0.2) is 22.3 Å². The van der Waals surface area contributed by atoms with Gasteiger partial charge in [-0.1, -0.05) is 13.0 Å². The highest BCUT2D eigenvalue weighted by molar-refractivity contribution is 7.18. The molecule has 1 N–H and O–H groups in total. The van der Waals surface area contributed by atoms with E-state index in [2.05, 4.69) is 15.3 Å². The molecule has 0 unspecified atom stereocenters. The van der Waals surface area contributed by atoms with Crippen LogP contribution in [-0.4, -0.2) is 27.0 Å². The molecule has 0 radical (unpaired) electrons. The maximum atomic E-state index is 12.4. The largest absolute Gasteiger partial charge is 0.355 e. The van der Waals surface area contributed by atoms with Gasteiger partial charge in [-0.25, -0.2) is 9.78 Å². The number of aryl methyl sites for hydroxylation is 1. The van der Waals surface area contributed by atoms with Crippen LogP contribution in [0.2, 0.25) is 0 Å². The maximum absolute atomic E-state index is 12.4. The van der Waals surface area contributed by atoms with E-state index >= 15 is 0 Å². The maximum Gasteiger partial charge on any atom is 0.349 e. The number of thiophene rings is 1. The second kappa shape index (κ2) is 6.59. The van der Waals surface area contributed by atoms with Gasteiger partial charge in [-0.05, 0) is 24.8 Å². The molecule has 0 saturated heterocycles. The molecule has 0 aromatic carbocycles. The van der Waals surface area contributed by atoms with Gasteiger partial charge in [-0.15, -0.1) is 22.7 Å². The zero-order valence-electron chi connectivity index (χ0n) is 12.8. The molecule has 3 aromatic rings. The first-order valence-corrected chi connectivity index (χ1v) is 8.98. The standard InChI is InChI=1S/C15H16N4O2S2/c1-3-6-16-11(20)8-19-14-13(17-9(2)23-14)12(18-15(19)21)10-5-4-7-22-10/h4-5,7H,3,6,8H2,1-2H3,(H,16,20). The minimum atomic E-state index is -0.420. The van der Waals surface area contributed by atoms with Crippen LogP contribution in [-0.2, 0) is 11.3 Å². The van der Waals surface area contributed by atoms with Gasteiger partial charge >= 0.3 is 5.69 Å². The summed E-state index contributed by atoms with van der Waals surface area (Å²) in [5, 5.41) is 5.56. The predicted octanol–water partition coefficient (Wildman–Crippen LogP) is 2.42. The van der Waals surface area contributed by atoms with E-state index in [1.165, 1.54) is 27.2 Å². The first kappa shape index (κ1) is 15.8. The second-order valence-electron chi connectivity index (χ2n) is 5.04. The number of carbonyl (C=O) groups is 1. The molecule has 1 amide bonds. The van der Waals surface area contributed by atoms with E-state index in [1.807, 2.05) is 31.4 Å². The fourth-order valence-corrected chi connectivity index (χ4v) is 3.86. The van der Waals surface area contributed by atoms with Crippen LogP contribution in [0.3, 0.4) is 0 Å². The van der Waals surface area contributed by atoms with Crippen LogP contribution in [0.4, 0.5) is 0 Å². The van der Waals surface area contributed by atoms with Gasteiger partial charge in [0, 0.05) is 6.54 Å². The Morgan fingerprint density at radius 2 is 2.22 bits per heavy atom. The number of aromatic nitrogens is 3. The van der Waals surface area contributed by atoms with Crippen molar-refractivity contribution in [2.24, 2.45) is 0 Å². The van der Waals surface area contributed by atoms with E-state index in [1.54, 1.807) is 0 Å². The molecule has 0 aliphatic carbocycles. The van der Waals surface area contributed by atoms with Gasteiger partial charge in [-0.3, -0.25) is 9.36 Å². The molecule has 8 heteroatoms. The number of hydrogen-bond donors (Lipinski definition) is 1. The lowest BCUT2D eigenvalue weighted by atomic mass is 10.3. The van der Waals surface area contributed by atoms with Crippen molar-refractivity contribution in [1.82, 2.24) is 19.9 Å². The Bertz CT molecular complexity index is 896. The monoisotopic (exact) mass is 348 g/mol. The molecule has 0 bridgehead atoms. The number of fused-ring (bicyclic) bond motifs is 1. The Hall–Kier alpha value is -2.06. The van der Waals surface area contributed by atoms with E-state index in [0.29, 0.717) is 22.6 Å². The van der Waals surface area contributed by atoms with Crippen LogP contribution in [0.1, 0.15) is 18.4 Å². The molecule has 6 nitrogen and oxygen atoms in total. The van der Waals surface area contributed by atoms with Gasteiger partial charge in [0.2, 0.25) is 5.91 Å². The highest BCUT2D eigenvalue weighted by Crippen LogP contribution is 2.31. The number of carbonyl (C=O) groups excluding carboxylic acids is 1. The summed E-state index contributed by atoms with van der Waals surface area (Å²) in [5.41, 5.74) is 0.851. The van der Waals surface area contributed by atoms with Crippen molar-refractivity contribution < 1.29 is 4.79 Å². The average molecular weight is 348 g/mol. The molecule has 0 atom stereocenters. The number of nitrogens with one attached hydrogen (secondary N) is 1. The Labute approximate surface area is 140 Å². The molecular formula is C15H16N4O2S2. The van der Waals surface area contributed by atoms with Gasteiger partial charge in [0.1, 0.15) is 22.6 Å². The van der Waals surface area contributed by atoms with Gasteiger partial charge in [-0.2, -0.15) is 4.98 Å². The minimum Gasteiger partial charge on any atom is -0.355 e. The van der Waals surface area contributed by atoms with Crippen molar-refractivity contribution in [1.29, 1.82) is 0 Å². The first-order chi connectivity index (χ1) is 11.1. The summed E-state index contributed by atoms with van der Waals surface area (Å²) < 4.78 is 1.40. The lowest BCUT2D eigenvalue weighted by Crippen LogP contribution is -2.33. The Morgan fingerprint density at radius 3 is 2.91 bits per heavy atom. The number of nitrogens with zero attached hydrogens (tertiary/aromatic N) is 3. The zero-order chi connectivity index (χ0) is 16.4. The van der Waals surface area contributed by atoms with Crippen molar-refractivity contribution in [3.05, 3.63) is 33.0 Å². The normalized spacial score (nSPS) is 11.0. The second-order valence-corrected chi connectivity index (χ2v) is 7.17. The SMILES string of the molecule is CCCNC(=O)Cn1c(=O)nc(-c2cccs2)c2nc(C)sc21. The van der Waals surface area contributed by atoms with Crippen molar-refractivity contribution in [2.45, 2.75) is 26.8 Å². The summed E-state index contributed by atoms with van der Waals surface area (Å²) >= 11 is 2.92. The van der Waals surface area contributed by atoms with Crippen molar-refractivity contribution in [3.63, 3.8) is 0 Å². The molecule has 120 valence electrons. The van der Waals surface area contributed by atoms with Crippen molar-refractivity contribution in [2.75, 3.05) is 6.54 Å². The van der Waals surface area contributed by atoms with Gasteiger partial charge in [0.15, 0.2) is 0 Å². The molecule has 0 spiro atoms. The van der Waals surface area contributed by atoms with Crippen LogP contribution < -0.4 is 11.0 Å². The first-order valence-electron chi connectivity index (χ1n) is 7.28. The highest BCUT2D eigenvalue weighted by Gasteiger charge is 2.18. The smallest absolute Gasteiger partial charge is 0.349 e. The van der Waals surface area contributed by atoms with Crippen LogP contribution in [0.25, 0.3) is 20.9 Å². The summed E-state index contributed by atoms with van der Waals surface area (Å²) in [4.78, 5) is 34.7. The fourth-order valence-electron chi connectivity index (χ4n) is 2.24.